The molecule has 0 atom stereocenters. The number of pyridine rings is 1. The number of anilines is 1. The first-order valence-electron chi connectivity index (χ1n) is 10.1. The van der Waals surface area contributed by atoms with Crippen LogP contribution in [0.5, 0.6) is 11.5 Å². The molecule has 7 nitrogen and oxygen atoms in total. The summed E-state index contributed by atoms with van der Waals surface area (Å²) >= 11 is 14.9. The number of hydrogen-bond donors (Lipinski definition) is 0. The summed E-state index contributed by atoms with van der Waals surface area (Å²) in [4.78, 5) is 16.4. The first-order chi connectivity index (χ1) is 15.5. The van der Waals surface area contributed by atoms with Gasteiger partial charge in [0.2, 0.25) is 0 Å². The minimum absolute atomic E-state index is 0.253. The summed E-state index contributed by atoms with van der Waals surface area (Å²) < 4.78 is 16.4. The van der Waals surface area contributed by atoms with Crippen molar-refractivity contribution in [2.75, 3.05) is 45.6 Å². The lowest BCUT2D eigenvalue weighted by Gasteiger charge is -2.32. The van der Waals surface area contributed by atoms with E-state index in [4.69, 9.17) is 47.4 Å². The Labute approximate surface area is 201 Å². The molecule has 0 N–H and O–H groups in total. The lowest BCUT2D eigenvalue weighted by Crippen LogP contribution is -2.37. The number of fused-ring (bicyclic) bond motifs is 1. The fraction of sp³-hybridized carbons (Fsp3) is 0.409. The number of aromatic nitrogens is 3. The van der Waals surface area contributed by atoms with Crippen molar-refractivity contribution in [1.82, 2.24) is 15.0 Å². The van der Waals surface area contributed by atoms with Crippen LogP contribution < -0.4 is 14.4 Å². The van der Waals surface area contributed by atoms with E-state index in [1.54, 1.807) is 27.4 Å². The van der Waals surface area contributed by atoms with Gasteiger partial charge in [-0.3, -0.25) is 0 Å². The molecule has 1 saturated heterocycles. The molecule has 3 heterocycles. The van der Waals surface area contributed by atoms with Crippen molar-refractivity contribution in [3.8, 4) is 22.8 Å². The molecule has 4 rings (SSSR count). The zero-order chi connectivity index (χ0) is 22.8. The van der Waals surface area contributed by atoms with Crippen molar-refractivity contribution in [3.05, 3.63) is 28.4 Å². The third kappa shape index (κ3) is 4.29. The molecule has 0 aliphatic carbocycles. The van der Waals surface area contributed by atoms with Gasteiger partial charge in [0.05, 0.1) is 36.1 Å². The summed E-state index contributed by atoms with van der Waals surface area (Å²) in [6.07, 6.45) is 5.85. The monoisotopic (exact) mass is 494 g/mol. The van der Waals surface area contributed by atoms with E-state index in [0.717, 1.165) is 42.7 Å². The number of hydrogen-bond acceptors (Lipinski definition) is 8. The SMILES string of the molecule is COc1cc(OC)c(Cl)c(-c2cc3cnc(SC)nc3c(N3CCC(OC)CC3)n2)c1Cl. The van der Waals surface area contributed by atoms with E-state index in [1.807, 2.05) is 18.5 Å². The van der Waals surface area contributed by atoms with Gasteiger partial charge in [-0.15, -0.1) is 0 Å². The largest absolute Gasteiger partial charge is 0.495 e. The Morgan fingerprint density at radius 3 is 2.22 bits per heavy atom. The Hall–Kier alpha value is -2.00. The van der Waals surface area contributed by atoms with Gasteiger partial charge in [0, 0.05) is 43.4 Å². The molecular formula is C22H24Cl2N4O3S. The highest BCUT2D eigenvalue weighted by Gasteiger charge is 2.25. The third-order valence-electron chi connectivity index (χ3n) is 5.61. The Morgan fingerprint density at radius 1 is 1.00 bits per heavy atom. The van der Waals surface area contributed by atoms with Gasteiger partial charge < -0.3 is 19.1 Å². The maximum absolute atomic E-state index is 6.68. The number of thioether (sulfide) groups is 1. The van der Waals surface area contributed by atoms with Crippen LogP contribution in [0.1, 0.15) is 12.8 Å². The molecule has 0 amide bonds. The van der Waals surface area contributed by atoms with Gasteiger partial charge in [-0.25, -0.2) is 15.0 Å². The van der Waals surface area contributed by atoms with Gasteiger partial charge in [0.15, 0.2) is 11.0 Å². The van der Waals surface area contributed by atoms with E-state index in [1.165, 1.54) is 11.8 Å². The van der Waals surface area contributed by atoms with E-state index in [2.05, 4.69) is 9.88 Å². The minimum atomic E-state index is 0.253. The third-order valence-corrected chi connectivity index (χ3v) is 6.92. The summed E-state index contributed by atoms with van der Waals surface area (Å²) in [7, 11) is 4.86. The molecule has 1 aliphatic rings. The van der Waals surface area contributed by atoms with Crippen molar-refractivity contribution >= 4 is 51.7 Å². The zero-order valence-electron chi connectivity index (χ0n) is 18.3. The molecule has 1 aliphatic heterocycles. The number of ether oxygens (including phenoxy) is 3. The zero-order valence-corrected chi connectivity index (χ0v) is 20.6. The summed E-state index contributed by atoms with van der Waals surface area (Å²) in [5.74, 6) is 1.70. The molecule has 0 unspecified atom stereocenters. The van der Waals surface area contributed by atoms with E-state index >= 15 is 0 Å². The van der Waals surface area contributed by atoms with E-state index in [-0.39, 0.29) is 6.10 Å². The molecule has 1 fully saturated rings. The van der Waals surface area contributed by atoms with Crippen molar-refractivity contribution in [2.24, 2.45) is 0 Å². The standard InChI is InChI=1S/C22H24Cl2N4O3S/c1-29-13-5-7-28(8-6-13)21-20-12(11-25-22(27-20)32-4)9-14(26-21)17-18(23)15(30-2)10-16(31-3)19(17)24/h9-11,13H,5-8H2,1-4H3. The van der Waals surface area contributed by atoms with E-state index < -0.39 is 0 Å². The second-order valence-electron chi connectivity index (χ2n) is 7.33. The van der Waals surface area contributed by atoms with E-state index in [9.17, 15) is 0 Å². The first kappa shape index (κ1) is 23.2. The average molecular weight is 495 g/mol. The maximum Gasteiger partial charge on any atom is 0.187 e. The lowest BCUT2D eigenvalue weighted by atomic mass is 10.1. The van der Waals surface area contributed by atoms with Crippen LogP contribution in [0.15, 0.2) is 23.5 Å². The van der Waals surface area contributed by atoms with Crippen molar-refractivity contribution in [1.29, 1.82) is 0 Å². The Kier molecular flexibility index (Phi) is 7.14. The molecule has 170 valence electrons. The molecule has 2 aromatic heterocycles. The van der Waals surface area contributed by atoms with Crippen LogP contribution in [0.2, 0.25) is 10.0 Å². The highest BCUT2D eigenvalue weighted by Crippen LogP contribution is 2.46. The molecular weight excluding hydrogens is 471 g/mol. The van der Waals surface area contributed by atoms with E-state index in [0.29, 0.717) is 38.0 Å². The Bertz CT molecular complexity index is 1110. The number of halogens is 2. The molecule has 0 saturated carbocycles. The van der Waals surface area contributed by atoms with Crippen LogP contribution in [-0.4, -0.2) is 61.7 Å². The van der Waals surface area contributed by atoms with Crippen molar-refractivity contribution in [2.45, 2.75) is 24.1 Å². The van der Waals surface area contributed by atoms with Gasteiger partial charge in [0.25, 0.3) is 0 Å². The van der Waals surface area contributed by atoms with Crippen LogP contribution in [0.3, 0.4) is 0 Å². The predicted molar refractivity (Wildman–Crippen MR) is 130 cm³/mol. The second kappa shape index (κ2) is 9.87. The number of methoxy groups -OCH3 is 3. The van der Waals surface area contributed by atoms with Crippen LogP contribution in [-0.2, 0) is 4.74 Å². The highest BCUT2D eigenvalue weighted by molar-refractivity contribution is 7.98. The van der Waals surface area contributed by atoms with Gasteiger partial charge in [-0.05, 0) is 25.2 Å². The highest BCUT2D eigenvalue weighted by atomic mass is 35.5. The van der Waals surface area contributed by atoms with Gasteiger partial charge in [-0.1, -0.05) is 35.0 Å². The Balaban J connectivity index is 1.93. The van der Waals surface area contributed by atoms with Crippen LogP contribution in [0.25, 0.3) is 22.2 Å². The normalized spacial score (nSPS) is 14.8. The fourth-order valence-electron chi connectivity index (χ4n) is 3.87. The predicted octanol–water partition coefficient (Wildman–Crippen LogP) is 5.35. The molecule has 0 radical (unpaired) electrons. The summed E-state index contributed by atoms with van der Waals surface area (Å²) in [5.41, 5.74) is 1.95. The number of nitrogens with zero attached hydrogens (tertiary/aromatic N) is 4. The van der Waals surface area contributed by atoms with Gasteiger partial charge in [0.1, 0.15) is 17.0 Å². The van der Waals surface area contributed by atoms with Gasteiger partial charge in [-0.2, -0.15) is 0 Å². The van der Waals surface area contributed by atoms with Crippen molar-refractivity contribution in [3.63, 3.8) is 0 Å². The average Bonchev–Trinajstić information content (AvgIpc) is 2.83. The molecule has 10 heteroatoms. The lowest BCUT2D eigenvalue weighted by molar-refractivity contribution is 0.0818. The minimum Gasteiger partial charge on any atom is -0.495 e. The number of piperidine rings is 1. The number of benzene rings is 1. The van der Waals surface area contributed by atoms with Crippen LogP contribution >= 0.6 is 35.0 Å². The van der Waals surface area contributed by atoms with Crippen LogP contribution in [0.4, 0.5) is 5.82 Å². The number of rotatable bonds is 6. The molecule has 0 bridgehead atoms. The topological polar surface area (TPSA) is 69.6 Å². The fourth-order valence-corrected chi connectivity index (χ4v) is 4.90. The molecule has 0 spiro atoms. The quantitative estimate of drug-likeness (QED) is 0.335. The molecule has 32 heavy (non-hydrogen) atoms. The molecule has 1 aromatic carbocycles. The smallest absolute Gasteiger partial charge is 0.187 e. The maximum atomic E-state index is 6.68. The first-order valence-corrected chi connectivity index (χ1v) is 12.1. The van der Waals surface area contributed by atoms with Gasteiger partial charge >= 0.3 is 0 Å². The van der Waals surface area contributed by atoms with Crippen molar-refractivity contribution < 1.29 is 14.2 Å². The summed E-state index contributed by atoms with van der Waals surface area (Å²) in [6, 6.07) is 3.57. The summed E-state index contributed by atoms with van der Waals surface area (Å²) in [5, 5.41) is 2.29. The Morgan fingerprint density at radius 2 is 1.66 bits per heavy atom. The molecule has 3 aromatic rings. The second-order valence-corrected chi connectivity index (χ2v) is 8.86. The summed E-state index contributed by atoms with van der Waals surface area (Å²) in [6.45, 7) is 1.62. The van der Waals surface area contributed by atoms with Crippen LogP contribution in [0, 0.1) is 0 Å².